The highest BCUT2D eigenvalue weighted by Gasteiger charge is 2.22. The molecule has 2 heterocycles. The average Bonchev–Trinajstić information content (AvgIpc) is 2.89. The van der Waals surface area contributed by atoms with Crippen molar-refractivity contribution in [1.29, 1.82) is 0 Å². The van der Waals surface area contributed by atoms with Crippen molar-refractivity contribution in [2.24, 2.45) is 0 Å². The molecular formula is C19H27N3O3. The number of aliphatic hydroxyl groups excluding tert-OH is 1. The minimum atomic E-state index is -0.498. The Morgan fingerprint density at radius 3 is 2.68 bits per heavy atom. The molecule has 0 saturated carbocycles. The predicted octanol–water partition coefficient (Wildman–Crippen LogP) is 1.90. The van der Waals surface area contributed by atoms with E-state index in [0.717, 1.165) is 42.5 Å². The second-order valence-corrected chi connectivity index (χ2v) is 6.60. The van der Waals surface area contributed by atoms with Crippen LogP contribution in [0, 0.1) is 13.8 Å². The van der Waals surface area contributed by atoms with Gasteiger partial charge in [-0.25, -0.2) is 4.98 Å². The molecular weight excluding hydrogens is 318 g/mol. The van der Waals surface area contributed by atoms with Gasteiger partial charge in [-0.1, -0.05) is 12.1 Å². The van der Waals surface area contributed by atoms with E-state index in [9.17, 15) is 5.11 Å². The van der Waals surface area contributed by atoms with Gasteiger partial charge in [0.2, 0.25) is 0 Å². The number of rotatable bonds is 7. The normalized spacial score (nSPS) is 15.8. The summed E-state index contributed by atoms with van der Waals surface area (Å²) in [5, 5.41) is 10.3. The van der Waals surface area contributed by atoms with Gasteiger partial charge in [0.15, 0.2) is 0 Å². The van der Waals surface area contributed by atoms with Gasteiger partial charge in [-0.2, -0.15) is 0 Å². The summed E-state index contributed by atoms with van der Waals surface area (Å²) in [6, 6.07) is 7.77. The fraction of sp³-hybridized carbons (Fsp3) is 0.526. The van der Waals surface area contributed by atoms with Crippen molar-refractivity contribution in [1.82, 2.24) is 14.5 Å². The molecule has 0 saturated heterocycles. The Bertz CT molecular complexity index is 697. The lowest BCUT2D eigenvalue weighted by Crippen LogP contribution is -2.40. The van der Waals surface area contributed by atoms with Gasteiger partial charge in [0.25, 0.3) is 0 Å². The van der Waals surface area contributed by atoms with Gasteiger partial charge in [-0.05, 0) is 31.5 Å². The molecule has 25 heavy (non-hydrogen) atoms. The van der Waals surface area contributed by atoms with Gasteiger partial charge < -0.3 is 19.1 Å². The van der Waals surface area contributed by atoms with Crippen LogP contribution in [0.5, 0.6) is 5.75 Å². The van der Waals surface area contributed by atoms with Gasteiger partial charge in [0.05, 0.1) is 38.7 Å². The molecule has 6 heteroatoms. The van der Waals surface area contributed by atoms with E-state index in [1.165, 1.54) is 5.69 Å². The van der Waals surface area contributed by atoms with Gasteiger partial charge >= 0.3 is 0 Å². The van der Waals surface area contributed by atoms with Gasteiger partial charge in [0.1, 0.15) is 11.6 Å². The van der Waals surface area contributed by atoms with Crippen LogP contribution in [0.3, 0.4) is 0 Å². The Morgan fingerprint density at radius 2 is 1.96 bits per heavy atom. The molecule has 0 amide bonds. The zero-order chi connectivity index (χ0) is 17.8. The van der Waals surface area contributed by atoms with Crippen molar-refractivity contribution >= 4 is 0 Å². The number of fused-ring (bicyclic) bond motifs is 1. The number of ether oxygens (including phenoxy) is 2. The third-order valence-electron chi connectivity index (χ3n) is 4.75. The van der Waals surface area contributed by atoms with Crippen LogP contribution in [0.4, 0.5) is 0 Å². The van der Waals surface area contributed by atoms with Gasteiger partial charge in [-0.15, -0.1) is 0 Å². The molecule has 1 aliphatic rings. The highest BCUT2D eigenvalue weighted by molar-refractivity contribution is 5.26. The summed E-state index contributed by atoms with van der Waals surface area (Å²) < 4.78 is 13.1. The monoisotopic (exact) mass is 345 g/mol. The summed E-state index contributed by atoms with van der Waals surface area (Å²) in [4.78, 5) is 6.86. The third-order valence-corrected chi connectivity index (χ3v) is 4.75. The summed E-state index contributed by atoms with van der Waals surface area (Å²) in [5.74, 6) is 1.92. The maximum absolute atomic E-state index is 10.3. The molecule has 0 aliphatic carbocycles. The standard InChI is InChI=1S/C19H27N3O3/c1-14-15(2)22-9-8-21(11-19(22)20-14)10-17(23)13-25-12-16-4-6-18(24-3)7-5-16/h4-7,17,23H,8-13H2,1-3H3. The molecule has 1 aliphatic heterocycles. The second-order valence-electron chi connectivity index (χ2n) is 6.60. The molecule has 0 radical (unpaired) electrons. The zero-order valence-corrected chi connectivity index (χ0v) is 15.2. The maximum atomic E-state index is 10.3. The molecule has 0 bridgehead atoms. The van der Waals surface area contributed by atoms with E-state index in [0.29, 0.717) is 19.8 Å². The van der Waals surface area contributed by atoms with E-state index >= 15 is 0 Å². The minimum Gasteiger partial charge on any atom is -0.497 e. The topological polar surface area (TPSA) is 59.8 Å². The van der Waals surface area contributed by atoms with Crippen LogP contribution >= 0.6 is 0 Å². The summed E-state index contributed by atoms with van der Waals surface area (Å²) in [6.07, 6.45) is -0.498. The molecule has 1 aromatic heterocycles. The van der Waals surface area contributed by atoms with Crippen molar-refractivity contribution in [3.05, 3.63) is 47.0 Å². The summed E-state index contributed by atoms with van der Waals surface area (Å²) in [5.41, 5.74) is 3.41. The first-order chi connectivity index (χ1) is 12.1. The number of aliphatic hydroxyl groups is 1. The number of hydrogen-bond donors (Lipinski definition) is 1. The molecule has 0 spiro atoms. The number of nitrogens with zero attached hydrogens (tertiary/aromatic N) is 3. The quantitative estimate of drug-likeness (QED) is 0.831. The number of imidazole rings is 1. The molecule has 1 aromatic carbocycles. The molecule has 1 N–H and O–H groups in total. The summed E-state index contributed by atoms with van der Waals surface area (Å²) >= 11 is 0. The largest absolute Gasteiger partial charge is 0.497 e. The van der Waals surface area contributed by atoms with Gasteiger partial charge in [0, 0.05) is 25.3 Å². The van der Waals surface area contributed by atoms with E-state index in [4.69, 9.17) is 9.47 Å². The molecule has 1 unspecified atom stereocenters. The van der Waals surface area contributed by atoms with Crippen molar-refractivity contribution in [3.8, 4) is 5.75 Å². The van der Waals surface area contributed by atoms with E-state index in [2.05, 4.69) is 21.4 Å². The van der Waals surface area contributed by atoms with Crippen LogP contribution < -0.4 is 4.74 Å². The molecule has 6 nitrogen and oxygen atoms in total. The van der Waals surface area contributed by atoms with Gasteiger partial charge in [-0.3, -0.25) is 4.90 Å². The first-order valence-electron chi connectivity index (χ1n) is 8.70. The second kappa shape index (κ2) is 7.99. The van der Waals surface area contributed by atoms with Crippen LogP contribution in [0.15, 0.2) is 24.3 Å². The van der Waals surface area contributed by atoms with E-state index in [1.54, 1.807) is 7.11 Å². The van der Waals surface area contributed by atoms with E-state index < -0.39 is 6.10 Å². The van der Waals surface area contributed by atoms with Crippen LogP contribution in [0.2, 0.25) is 0 Å². The number of benzene rings is 1. The molecule has 1 atom stereocenters. The SMILES string of the molecule is COc1ccc(COCC(O)CN2CCn3c(nc(C)c3C)C2)cc1. The Balaban J connectivity index is 1.42. The fourth-order valence-corrected chi connectivity index (χ4v) is 3.20. The average molecular weight is 345 g/mol. The summed E-state index contributed by atoms with van der Waals surface area (Å²) in [6.45, 7) is 8.23. The lowest BCUT2D eigenvalue weighted by molar-refractivity contribution is 0.00536. The Labute approximate surface area is 149 Å². The van der Waals surface area contributed by atoms with E-state index in [-0.39, 0.29) is 0 Å². The third kappa shape index (κ3) is 4.39. The number of β-amino-alcohol motifs (C(OH)–C–C–N with tert-alkyl or cyclic N) is 1. The first kappa shape index (κ1) is 17.9. The Kier molecular flexibility index (Phi) is 5.73. The molecule has 136 valence electrons. The lowest BCUT2D eigenvalue weighted by Gasteiger charge is -2.29. The summed E-state index contributed by atoms with van der Waals surface area (Å²) in [7, 11) is 1.65. The highest BCUT2D eigenvalue weighted by atomic mass is 16.5. The minimum absolute atomic E-state index is 0.328. The molecule has 2 aromatic rings. The number of hydrogen-bond acceptors (Lipinski definition) is 5. The molecule has 0 fully saturated rings. The van der Waals surface area contributed by atoms with Crippen LogP contribution in [-0.4, -0.2) is 52.5 Å². The molecule has 3 rings (SSSR count). The van der Waals surface area contributed by atoms with Crippen LogP contribution in [0.25, 0.3) is 0 Å². The van der Waals surface area contributed by atoms with Crippen molar-refractivity contribution in [3.63, 3.8) is 0 Å². The zero-order valence-electron chi connectivity index (χ0n) is 15.2. The Hall–Kier alpha value is -1.89. The van der Waals surface area contributed by atoms with Crippen molar-refractivity contribution in [2.45, 2.75) is 39.6 Å². The van der Waals surface area contributed by atoms with Crippen LogP contribution in [-0.2, 0) is 24.4 Å². The van der Waals surface area contributed by atoms with Crippen molar-refractivity contribution < 1.29 is 14.6 Å². The van der Waals surface area contributed by atoms with Crippen LogP contribution in [0.1, 0.15) is 22.8 Å². The fourth-order valence-electron chi connectivity index (χ4n) is 3.20. The van der Waals surface area contributed by atoms with E-state index in [1.807, 2.05) is 31.2 Å². The predicted molar refractivity (Wildman–Crippen MR) is 95.6 cm³/mol. The lowest BCUT2D eigenvalue weighted by atomic mass is 10.2. The number of aromatic nitrogens is 2. The number of methoxy groups -OCH3 is 1. The smallest absolute Gasteiger partial charge is 0.123 e. The van der Waals surface area contributed by atoms with Crippen molar-refractivity contribution in [2.75, 3.05) is 26.8 Å². The first-order valence-corrected chi connectivity index (χ1v) is 8.70. The number of aryl methyl sites for hydroxylation is 1. The maximum Gasteiger partial charge on any atom is 0.123 e. The highest BCUT2D eigenvalue weighted by Crippen LogP contribution is 2.17. The Morgan fingerprint density at radius 1 is 1.20 bits per heavy atom.